The average molecular weight is 708 g/mol. The third-order valence-electron chi connectivity index (χ3n) is 11.2. The highest BCUT2D eigenvalue weighted by Gasteiger charge is 2.26. The van der Waals surface area contributed by atoms with Gasteiger partial charge in [0.2, 0.25) is 11.7 Å². The molecule has 0 amide bonds. The molecule has 0 unspecified atom stereocenters. The van der Waals surface area contributed by atoms with Crippen LogP contribution in [0.25, 0.3) is 125 Å². The Labute approximate surface area is 309 Å². The van der Waals surface area contributed by atoms with Crippen molar-refractivity contribution in [3.8, 4) is 17.2 Å². The molecule has 0 saturated heterocycles. The summed E-state index contributed by atoms with van der Waals surface area (Å²) in [5.41, 5.74) is 6.89. The van der Waals surface area contributed by atoms with E-state index in [-0.39, 0.29) is 0 Å². The normalized spacial score (nSPS) is 12.4. The smallest absolute Gasteiger partial charge is 0.238 e. The summed E-state index contributed by atoms with van der Waals surface area (Å²) in [6, 6.07) is 53.4. The van der Waals surface area contributed by atoms with E-state index in [4.69, 9.17) is 18.8 Å². The summed E-state index contributed by atoms with van der Waals surface area (Å²) in [7, 11) is 0. The Balaban J connectivity index is 1.24. The van der Waals surface area contributed by atoms with Gasteiger partial charge < -0.3 is 8.83 Å². The molecule has 6 heteroatoms. The summed E-state index contributed by atoms with van der Waals surface area (Å²) in [5.74, 6) is 0.561. The first kappa shape index (κ1) is 28.6. The summed E-state index contributed by atoms with van der Waals surface area (Å²) in [4.78, 5) is 10.9. The Morgan fingerprint density at radius 1 is 0.463 bits per heavy atom. The van der Waals surface area contributed by atoms with Crippen LogP contribution in [0.1, 0.15) is 0 Å². The minimum atomic E-state index is 0.546. The fraction of sp³-hybridized carbons (Fsp3) is 0. The molecular formula is C48H25N3O2S. The van der Waals surface area contributed by atoms with Crippen LogP contribution in [0.2, 0.25) is 0 Å². The van der Waals surface area contributed by atoms with Gasteiger partial charge in [-0.2, -0.15) is 4.98 Å². The van der Waals surface area contributed by atoms with Gasteiger partial charge in [0, 0.05) is 48.0 Å². The highest BCUT2D eigenvalue weighted by Crippen LogP contribution is 2.49. The Morgan fingerprint density at radius 2 is 1.13 bits per heavy atom. The van der Waals surface area contributed by atoms with E-state index in [1.807, 2.05) is 41.7 Å². The monoisotopic (exact) mass is 707 g/mol. The Kier molecular flexibility index (Phi) is 5.45. The molecule has 8 aromatic carbocycles. The number of furan rings is 2. The molecule has 0 spiro atoms. The highest BCUT2D eigenvalue weighted by molar-refractivity contribution is 7.27. The van der Waals surface area contributed by atoms with Crippen molar-refractivity contribution in [1.82, 2.24) is 14.5 Å². The number of fused-ring (bicyclic) bond motifs is 18. The lowest BCUT2D eigenvalue weighted by Crippen LogP contribution is -2.03. The third kappa shape index (κ3) is 3.67. The first-order valence-corrected chi connectivity index (χ1v) is 18.9. The van der Waals surface area contributed by atoms with E-state index in [9.17, 15) is 0 Å². The average Bonchev–Trinajstić information content (AvgIpc) is 3.99. The minimum Gasteiger partial charge on any atom is -0.456 e. The van der Waals surface area contributed by atoms with Crippen LogP contribution < -0.4 is 0 Å². The summed E-state index contributed by atoms with van der Waals surface area (Å²) >= 11 is 1.83. The second-order valence-electron chi connectivity index (χ2n) is 14.0. The van der Waals surface area contributed by atoms with Gasteiger partial charge in [0.25, 0.3) is 0 Å². The van der Waals surface area contributed by atoms with Crippen molar-refractivity contribution in [3.05, 3.63) is 152 Å². The van der Waals surface area contributed by atoms with Crippen LogP contribution in [-0.4, -0.2) is 14.5 Å². The largest absolute Gasteiger partial charge is 0.456 e. The van der Waals surface area contributed by atoms with Crippen LogP contribution >= 0.6 is 11.3 Å². The first-order valence-electron chi connectivity index (χ1n) is 18.1. The zero-order chi connectivity index (χ0) is 35.1. The number of aromatic nitrogens is 3. The quantitative estimate of drug-likeness (QED) is 0.179. The van der Waals surface area contributed by atoms with Gasteiger partial charge in [-0.3, -0.25) is 4.57 Å². The molecule has 13 aromatic rings. The fourth-order valence-electron chi connectivity index (χ4n) is 8.94. The molecule has 250 valence electrons. The Bertz CT molecular complexity index is 3750. The molecule has 13 rings (SSSR count). The number of hydrogen-bond donors (Lipinski definition) is 0. The number of nitrogens with zero attached hydrogens (tertiary/aromatic N) is 3. The second kappa shape index (κ2) is 10.3. The maximum absolute atomic E-state index is 6.60. The number of para-hydroxylation sites is 2. The molecule has 5 nitrogen and oxygen atoms in total. The van der Waals surface area contributed by atoms with E-state index in [1.165, 1.54) is 52.5 Å². The van der Waals surface area contributed by atoms with Crippen molar-refractivity contribution in [2.24, 2.45) is 0 Å². The molecule has 0 bridgehead atoms. The SMILES string of the molecule is c1ccc2c(c1)ccc1c2c2c3ccccc3c3c4ccccc4sc3c2n1-c1nc(-c2ccc3c(c2)oc2ccccc23)c2c(n1)oc1ccccc12. The highest BCUT2D eigenvalue weighted by atomic mass is 32.1. The topological polar surface area (TPSA) is 57.0 Å². The molecule has 0 fully saturated rings. The molecule has 0 atom stereocenters. The van der Waals surface area contributed by atoms with Crippen molar-refractivity contribution >= 4 is 119 Å². The summed E-state index contributed by atoms with van der Waals surface area (Å²) in [6.07, 6.45) is 0. The lowest BCUT2D eigenvalue weighted by Gasteiger charge is -2.11. The van der Waals surface area contributed by atoms with E-state index in [2.05, 4.69) is 126 Å². The van der Waals surface area contributed by atoms with Crippen molar-refractivity contribution < 1.29 is 8.83 Å². The zero-order valence-electron chi connectivity index (χ0n) is 28.5. The van der Waals surface area contributed by atoms with Gasteiger partial charge in [-0.15, -0.1) is 11.3 Å². The van der Waals surface area contributed by atoms with Crippen LogP contribution in [0.4, 0.5) is 0 Å². The van der Waals surface area contributed by atoms with Gasteiger partial charge in [-0.05, 0) is 57.9 Å². The third-order valence-corrected chi connectivity index (χ3v) is 12.4. The molecule has 0 radical (unpaired) electrons. The van der Waals surface area contributed by atoms with E-state index < -0.39 is 0 Å². The molecule has 0 saturated carbocycles. The first-order chi connectivity index (χ1) is 26.8. The standard InChI is InChI=1S/C48H25N3O2S/c1-2-12-28-26(11-1)22-24-35-41(28)42-32-15-4-3-14-31(32)40-34-17-7-10-20-39(34)54-46(40)45(42)51(35)48-49-44(43-33-16-6-9-19-37(33)53-47(43)50-48)27-21-23-30-29-13-5-8-18-36(29)52-38(30)25-27/h1-25H. The predicted molar refractivity (Wildman–Crippen MR) is 224 cm³/mol. The number of rotatable bonds is 2. The van der Waals surface area contributed by atoms with Crippen LogP contribution in [0.3, 0.4) is 0 Å². The number of hydrogen-bond acceptors (Lipinski definition) is 5. The Morgan fingerprint density at radius 3 is 1.98 bits per heavy atom. The van der Waals surface area contributed by atoms with Gasteiger partial charge in [-0.1, -0.05) is 115 Å². The molecule has 0 N–H and O–H groups in total. The van der Waals surface area contributed by atoms with Crippen LogP contribution in [0, 0.1) is 0 Å². The van der Waals surface area contributed by atoms with Gasteiger partial charge in [0.1, 0.15) is 16.7 Å². The van der Waals surface area contributed by atoms with E-state index in [0.717, 1.165) is 60.6 Å². The van der Waals surface area contributed by atoms with Gasteiger partial charge in [0.05, 0.1) is 26.8 Å². The van der Waals surface area contributed by atoms with Gasteiger partial charge in [0.15, 0.2) is 0 Å². The number of thiophene rings is 1. The summed E-state index contributed by atoms with van der Waals surface area (Å²) in [6.45, 7) is 0. The minimum absolute atomic E-state index is 0.546. The van der Waals surface area contributed by atoms with Crippen molar-refractivity contribution in [1.29, 1.82) is 0 Å². The van der Waals surface area contributed by atoms with Crippen molar-refractivity contribution in [3.63, 3.8) is 0 Å². The lowest BCUT2D eigenvalue weighted by molar-refractivity contribution is 0.651. The molecule has 54 heavy (non-hydrogen) atoms. The molecule has 0 aliphatic carbocycles. The maximum Gasteiger partial charge on any atom is 0.238 e. The van der Waals surface area contributed by atoms with E-state index in [0.29, 0.717) is 11.7 Å². The summed E-state index contributed by atoms with van der Waals surface area (Å²) < 4.78 is 17.8. The molecule has 5 aromatic heterocycles. The van der Waals surface area contributed by atoms with E-state index in [1.54, 1.807) is 0 Å². The summed E-state index contributed by atoms with van der Waals surface area (Å²) in [5, 5.41) is 13.8. The van der Waals surface area contributed by atoms with Crippen molar-refractivity contribution in [2.75, 3.05) is 0 Å². The molecule has 0 aliphatic heterocycles. The molecular weight excluding hydrogens is 683 g/mol. The van der Waals surface area contributed by atoms with Crippen LogP contribution in [0.5, 0.6) is 0 Å². The zero-order valence-corrected chi connectivity index (χ0v) is 29.3. The molecule has 0 aliphatic rings. The lowest BCUT2D eigenvalue weighted by atomic mass is 9.97. The van der Waals surface area contributed by atoms with Crippen LogP contribution in [-0.2, 0) is 0 Å². The predicted octanol–water partition coefficient (Wildman–Crippen LogP) is 13.7. The van der Waals surface area contributed by atoms with Gasteiger partial charge >= 0.3 is 0 Å². The Hall–Kier alpha value is -7.02. The van der Waals surface area contributed by atoms with Crippen molar-refractivity contribution in [2.45, 2.75) is 0 Å². The second-order valence-corrected chi connectivity index (χ2v) is 15.1. The molecule has 5 heterocycles. The van der Waals surface area contributed by atoms with Gasteiger partial charge in [-0.25, -0.2) is 4.98 Å². The van der Waals surface area contributed by atoms with Crippen LogP contribution in [0.15, 0.2) is 160 Å². The number of benzene rings is 8. The fourth-order valence-corrected chi connectivity index (χ4v) is 10.2. The maximum atomic E-state index is 6.60. The van der Waals surface area contributed by atoms with E-state index >= 15 is 0 Å².